The number of benzene rings is 1. The van der Waals surface area contributed by atoms with Crippen molar-refractivity contribution in [2.24, 2.45) is 5.72 Å². The summed E-state index contributed by atoms with van der Waals surface area (Å²) < 4.78 is 161. The number of guanidine groups is 1. The molecule has 0 fully saturated rings. The molecule has 0 spiro atoms. The Kier molecular flexibility index (Phi) is 2.09. The first-order valence-corrected chi connectivity index (χ1v) is 5.69. The second kappa shape index (κ2) is 10.2. The average Bonchev–Trinajstić information content (AvgIpc) is 2.82. The van der Waals surface area contributed by atoms with Gasteiger partial charge in [0, 0.05) is 21.5 Å². The molecule has 7 nitrogen and oxygen atoms in total. The quantitative estimate of drug-likeness (QED) is 0.252. The molecule has 23 heavy (non-hydrogen) atoms. The third-order valence-electron chi connectivity index (χ3n) is 1.95. The van der Waals surface area contributed by atoms with Gasteiger partial charge < -0.3 is 9.47 Å². The summed E-state index contributed by atoms with van der Waals surface area (Å²) in [4.78, 5) is 24.7. The van der Waals surface area contributed by atoms with Crippen molar-refractivity contribution in [3.63, 3.8) is 0 Å². The number of nitrogens with one attached hydrogen (secondary N) is 1. The molecular weight excluding hydrogens is 298 g/mol. The van der Waals surface area contributed by atoms with Gasteiger partial charge in [-0.25, -0.2) is 4.79 Å². The van der Waals surface area contributed by atoms with Crippen molar-refractivity contribution in [3.8, 4) is 5.75 Å². The van der Waals surface area contributed by atoms with Crippen LogP contribution in [-0.2, 0) is 9.53 Å². The molecule has 0 aromatic heterocycles. The number of carbonyl (C=O) groups is 2. The first-order chi connectivity index (χ1) is 18.9. The fourth-order valence-electron chi connectivity index (χ4n) is 1.12. The Morgan fingerprint density at radius 1 is 1.43 bits per heavy atom. The number of carbonyl (C=O) groups excluding carboxylic acids is 2. The van der Waals surface area contributed by atoms with E-state index < -0.39 is 91.0 Å². The molecule has 0 radical (unpaired) electrons. The van der Waals surface area contributed by atoms with Crippen molar-refractivity contribution in [1.82, 2.24) is 5.31 Å². The zero-order chi connectivity index (χ0) is 34.4. The monoisotopic (exact) mass is 342 g/mol. The lowest BCUT2D eigenvalue weighted by Crippen LogP contribution is -2.54. The molecule has 0 aliphatic heterocycles. The number of rotatable bonds is 9. The topological polar surface area (TPSA) is 116 Å². The molecule has 0 saturated carbocycles. The van der Waals surface area contributed by atoms with E-state index in [1.54, 1.807) is 0 Å². The second-order valence-corrected chi connectivity index (χ2v) is 3.43. The Bertz CT molecular complexity index is 1230. The molecule has 0 bridgehead atoms. The highest BCUT2D eigenvalue weighted by Crippen LogP contribution is 2.14. The summed E-state index contributed by atoms with van der Waals surface area (Å²) in [5.74, 6) is -5.88. The van der Waals surface area contributed by atoms with Crippen LogP contribution in [0.15, 0.2) is 24.3 Å². The highest BCUT2D eigenvalue weighted by Gasteiger charge is 2.08. The summed E-state index contributed by atoms with van der Waals surface area (Å²) >= 11 is 0. The normalized spacial score (nSPS) is 26.6. The van der Waals surface area contributed by atoms with E-state index in [0.717, 1.165) is 24.3 Å². The fraction of sp³-hybridized carbons (Fsp3) is 0.438. The maximum Gasteiger partial charge on any atom is 0.338 e. The van der Waals surface area contributed by atoms with Crippen LogP contribution in [0, 0.1) is 0 Å². The minimum atomic E-state index is -4.38. The van der Waals surface area contributed by atoms with Crippen molar-refractivity contribution < 1.29 is 52.1 Å². The van der Waals surface area contributed by atoms with E-state index in [2.05, 4.69) is 9.47 Å². The van der Waals surface area contributed by atoms with E-state index in [9.17, 15) is 9.59 Å². The minimum Gasteiger partial charge on any atom is -0.462 e. The Morgan fingerprint density at radius 2 is 2.26 bits per heavy atom. The first-order valence-electron chi connectivity index (χ1n) is 15.4. The van der Waals surface area contributed by atoms with Crippen LogP contribution in [0.1, 0.15) is 63.3 Å². The van der Waals surface area contributed by atoms with Crippen molar-refractivity contribution in [3.05, 3.63) is 29.8 Å². The molecule has 1 rings (SSSR count). The number of hydrogen-bond donors (Lipinski definition) is 3. The fourth-order valence-corrected chi connectivity index (χ4v) is 1.12. The summed E-state index contributed by atoms with van der Waals surface area (Å²) in [7, 11) is 0. The molecule has 0 heterocycles. The predicted octanol–water partition coefficient (Wildman–Crippen LogP) is -0.00750. The van der Waals surface area contributed by atoms with Crippen molar-refractivity contribution in [2.45, 2.75) is 32.3 Å². The number of nitrogens with two attached hydrogens (primary N) is 2. The largest absolute Gasteiger partial charge is 0.462 e. The molecule has 0 aliphatic carbocycles. The van der Waals surface area contributed by atoms with Gasteiger partial charge in [-0.1, -0.05) is 0 Å². The summed E-state index contributed by atoms with van der Waals surface area (Å²) in [5.41, 5.74) is -1.14. The molecule has 7 heteroatoms. The van der Waals surface area contributed by atoms with Crippen LogP contribution < -0.4 is 21.2 Å². The molecule has 0 atom stereocenters. The Hall–Kier alpha value is -2.57. The molecule has 0 saturated heterocycles. The lowest BCUT2D eigenvalue weighted by atomic mass is 10.2. The van der Waals surface area contributed by atoms with Crippen LogP contribution in [0.25, 0.3) is 0 Å². The van der Waals surface area contributed by atoms with Gasteiger partial charge in [0.05, 0.1) is 24.1 Å². The molecule has 0 aliphatic rings. The lowest BCUT2D eigenvalue weighted by molar-refractivity contribution is -0.134. The summed E-state index contributed by atoms with van der Waals surface area (Å²) in [6, 6.07) is 3.21. The average molecular weight is 343 g/mol. The zero-order valence-corrected chi connectivity index (χ0v) is 11.3. The third kappa shape index (κ3) is 7.85. The maximum atomic E-state index is 12.7. The van der Waals surface area contributed by atoms with Crippen molar-refractivity contribution in [1.29, 1.82) is 0 Å². The molecular formula is C16H24N3O4+. The van der Waals surface area contributed by atoms with Crippen LogP contribution in [0.4, 0.5) is 0 Å². The van der Waals surface area contributed by atoms with E-state index in [1.165, 1.54) is 0 Å². The number of ether oxygens (including phenoxy) is 2. The van der Waals surface area contributed by atoms with Crippen LogP contribution in [0.5, 0.6) is 5.75 Å². The van der Waals surface area contributed by atoms with Gasteiger partial charge in [-0.05, 0) is 50.2 Å². The van der Waals surface area contributed by atoms with E-state index in [4.69, 9.17) is 27.6 Å². The smallest absolute Gasteiger partial charge is 0.338 e. The van der Waals surface area contributed by atoms with Gasteiger partial charge in [-0.15, -0.1) is 0 Å². The maximum absolute atomic E-state index is 12.7. The van der Waals surface area contributed by atoms with Crippen LogP contribution in [0.2, 0.25) is 7.06 Å². The first kappa shape index (κ1) is 4.72. The minimum absolute atomic E-state index is 0.466. The summed E-state index contributed by atoms with van der Waals surface area (Å²) in [6.07, 6.45) is -17.1. The summed E-state index contributed by atoms with van der Waals surface area (Å²) in [6.45, 7) is -10.8. The second-order valence-electron chi connectivity index (χ2n) is 3.43. The van der Waals surface area contributed by atoms with E-state index in [1.807, 2.05) is 0 Å². The van der Waals surface area contributed by atoms with Gasteiger partial charge in [0.2, 0.25) is 0 Å². The van der Waals surface area contributed by atoms with E-state index in [0.29, 0.717) is 0 Å². The Balaban J connectivity index is 3.35. The molecule has 0 amide bonds. The van der Waals surface area contributed by atoms with Gasteiger partial charge in [0.25, 0.3) is 7.06 Å². The standard InChI is InChI=1S/C16H23N3O4/c1-2-22-15(21)12-7-9-13(10-8-12)23-14(20)6-4-3-5-11-19-16(17)18/h7-10H,2-6,11H2,1H3,(H4,17,18,19)/p+1/i1D3,2D2,3D2,4D2,5D2,6D2,11D2/hD5. The SMILES string of the molecule is [2H]N([2H])C(N([2H])C([2H])([2H])C([2H])([2H])C([2H])([2H])C([2H])([2H])C([2H])([2H])C(=O)Oc1ccc(C(=O)OC([2H])([2H])C([2H])([2H])[2H])cc1)=[N+]([2H])[2H]. The lowest BCUT2D eigenvalue weighted by Gasteiger charge is -2.06. The van der Waals surface area contributed by atoms with Gasteiger partial charge >= 0.3 is 17.9 Å². The van der Waals surface area contributed by atoms with E-state index >= 15 is 0 Å². The van der Waals surface area contributed by atoms with Crippen molar-refractivity contribution >= 4 is 17.9 Å². The van der Waals surface area contributed by atoms with Crippen LogP contribution >= 0.6 is 0 Å². The molecule has 126 valence electrons. The molecule has 1 aromatic rings. The van der Waals surface area contributed by atoms with Gasteiger partial charge in [0.1, 0.15) is 5.75 Å². The van der Waals surface area contributed by atoms with Gasteiger partial charge in [-0.2, -0.15) is 0 Å². The summed E-state index contributed by atoms with van der Waals surface area (Å²) in [5, 5.41) is -1.46. The van der Waals surface area contributed by atoms with Gasteiger partial charge in [0.15, 0.2) is 0 Å². The molecule has 1 aromatic carbocycles. The predicted molar refractivity (Wildman–Crippen MR) is 85.6 cm³/mol. The highest BCUT2D eigenvalue weighted by atomic mass is 16.5. The Labute approximate surface area is 164 Å². The van der Waals surface area contributed by atoms with E-state index in [-0.39, 0.29) is 0 Å². The molecule has 0 unspecified atom stereocenters. The Morgan fingerprint density at radius 3 is 2.96 bits per heavy atom. The third-order valence-corrected chi connectivity index (χ3v) is 1.95. The zero-order valence-electron chi connectivity index (χ0n) is 31.3. The van der Waals surface area contributed by atoms with Gasteiger partial charge in [-0.3, -0.25) is 21.2 Å². The van der Waals surface area contributed by atoms with Crippen LogP contribution in [0.3, 0.4) is 0 Å². The highest BCUT2D eigenvalue weighted by molar-refractivity contribution is 5.89. The van der Waals surface area contributed by atoms with Crippen LogP contribution in [-0.4, -0.2) is 31.0 Å². The number of hydrogen-bond acceptors (Lipinski definition) is 4. The molecule has 5 N–H and O–H groups in total. The van der Waals surface area contributed by atoms with Crippen molar-refractivity contribution in [2.75, 3.05) is 13.1 Å². The number of esters is 2.